The standard InChI is InChI=1S/C20H13F7N4O2/c1-9-20(5-30-7-28-6-29-30,11-3-2-10(21)4-12(11)22)33-8-31(9)19(32)13-14(23)16(25)18(27)17(26)15(13)24/h2-4,6-7,9H,5,8H2,1H3/t9-,20-/m0/s1. The molecule has 0 aliphatic carbocycles. The predicted molar refractivity (Wildman–Crippen MR) is 95.9 cm³/mol. The van der Waals surface area contributed by atoms with Crippen LogP contribution in [0.1, 0.15) is 22.8 Å². The van der Waals surface area contributed by atoms with Crippen molar-refractivity contribution >= 4 is 5.91 Å². The van der Waals surface area contributed by atoms with Gasteiger partial charge in [-0.3, -0.25) is 4.79 Å². The summed E-state index contributed by atoms with van der Waals surface area (Å²) >= 11 is 0. The molecule has 6 nitrogen and oxygen atoms in total. The average Bonchev–Trinajstić information content (AvgIpc) is 3.39. The van der Waals surface area contributed by atoms with E-state index in [1.165, 1.54) is 17.9 Å². The van der Waals surface area contributed by atoms with E-state index in [2.05, 4.69) is 10.1 Å². The first-order valence-corrected chi connectivity index (χ1v) is 9.32. The summed E-state index contributed by atoms with van der Waals surface area (Å²) in [6.07, 6.45) is 2.40. The smallest absolute Gasteiger partial charge is 0.262 e. The normalized spacial score (nSPS) is 20.5. The molecule has 0 bridgehead atoms. The Morgan fingerprint density at radius 3 is 2.27 bits per heavy atom. The van der Waals surface area contributed by atoms with Crippen LogP contribution in [0.25, 0.3) is 0 Å². The maximum atomic E-state index is 14.7. The molecule has 0 unspecified atom stereocenters. The highest BCUT2D eigenvalue weighted by Crippen LogP contribution is 2.41. The van der Waals surface area contributed by atoms with Crippen LogP contribution in [0.4, 0.5) is 30.7 Å². The second kappa shape index (κ2) is 8.14. The van der Waals surface area contributed by atoms with E-state index in [9.17, 15) is 35.5 Å². The van der Waals surface area contributed by atoms with E-state index in [0.29, 0.717) is 11.0 Å². The number of nitrogens with zero attached hydrogens (tertiary/aromatic N) is 4. The molecule has 0 spiro atoms. The molecule has 174 valence electrons. The highest BCUT2D eigenvalue weighted by Gasteiger charge is 2.52. The maximum Gasteiger partial charge on any atom is 0.262 e. The Hall–Kier alpha value is -3.48. The first kappa shape index (κ1) is 22.7. The third-order valence-corrected chi connectivity index (χ3v) is 5.54. The van der Waals surface area contributed by atoms with E-state index in [-0.39, 0.29) is 12.1 Å². The molecule has 33 heavy (non-hydrogen) atoms. The fraction of sp³-hybridized carbons (Fsp3) is 0.250. The number of hydrogen-bond donors (Lipinski definition) is 0. The summed E-state index contributed by atoms with van der Waals surface area (Å²) in [5, 5.41) is 3.89. The number of aromatic nitrogens is 3. The first-order chi connectivity index (χ1) is 15.6. The molecule has 3 aromatic rings. The third-order valence-electron chi connectivity index (χ3n) is 5.54. The molecule has 1 saturated heterocycles. The Morgan fingerprint density at radius 2 is 1.70 bits per heavy atom. The van der Waals surface area contributed by atoms with Gasteiger partial charge in [0.1, 0.15) is 42.2 Å². The van der Waals surface area contributed by atoms with E-state index in [0.717, 1.165) is 18.5 Å². The minimum Gasteiger partial charge on any atom is -0.346 e. The van der Waals surface area contributed by atoms with Gasteiger partial charge >= 0.3 is 0 Å². The molecule has 0 N–H and O–H groups in total. The van der Waals surface area contributed by atoms with Crippen molar-refractivity contribution in [1.29, 1.82) is 0 Å². The molecule has 1 fully saturated rings. The minimum absolute atomic E-state index is 0.223. The van der Waals surface area contributed by atoms with E-state index >= 15 is 0 Å². The molecule has 0 radical (unpaired) electrons. The fourth-order valence-corrected chi connectivity index (χ4v) is 3.79. The van der Waals surface area contributed by atoms with Gasteiger partial charge in [-0.15, -0.1) is 0 Å². The highest BCUT2D eigenvalue weighted by atomic mass is 19.2. The zero-order chi connectivity index (χ0) is 24.1. The quantitative estimate of drug-likeness (QED) is 0.329. The summed E-state index contributed by atoms with van der Waals surface area (Å²) in [5.74, 6) is -15.1. The Balaban J connectivity index is 1.80. The van der Waals surface area contributed by atoms with E-state index < -0.39 is 70.6 Å². The average molecular weight is 474 g/mol. The summed E-state index contributed by atoms with van der Waals surface area (Å²) in [6.45, 7) is 0.333. The van der Waals surface area contributed by atoms with Gasteiger partial charge < -0.3 is 9.64 Å². The lowest BCUT2D eigenvalue weighted by molar-refractivity contribution is -0.0274. The SMILES string of the molecule is C[C@@H]1N(C(=O)c2c(F)c(F)c(F)c(F)c2F)CO[C@]1(Cn1cncn1)c1ccc(F)cc1F. The fourth-order valence-electron chi connectivity index (χ4n) is 3.79. The molecule has 4 rings (SSSR count). The molecule has 1 aliphatic heterocycles. The lowest BCUT2D eigenvalue weighted by atomic mass is 9.86. The summed E-state index contributed by atoms with van der Waals surface area (Å²) in [4.78, 5) is 17.3. The van der Waals surface area contributed by atoms with Gasteiger partial charge in [0.2, 0.25) is 5.82 Å². The molecule has 2 atom stereocenters. The second-order valence-corrected chi connectivity index (χ2v) is 7.28. The van der Waals surface area contributed by atoms with Crippen LogP contribution in [0.15, 0.2) is 30.9 Å². The van der Waals surface area contributed by atoms with Gasteiger partial charge in [-0.2, -0.15) is 5.10 Å². The molecule has 2 aromatic carbocycles. The van der Waals surface area contributed by atoms with Crippen molar-refractivity contribution in [2.45, 2.75) is 25.1 Å². The van der Waals surface area contributed by atoms with Crippen molar-refractivity contribution in [1.82, 2.24) is 19.7 Å². The van der Waals surface area contributed by atoms with Crippen molar-refractivity contribution in [3.63, 3.8) is 0 Å². The monoisotopic (exact) mass is 474 g/mol. The summed E-state index contributed by atoms with van der Waals surface area (Å²) in [6, 6.07) is 1.34. The largest absolute Gasteiger partial charge is 0.346 e. The zero-order valence-electron chi connectivity index (χ0n) is 16.6. The van der Waals surface area contributed by atoms with Crippen LogP contribution < -0.4 is 0 Å². The number of carbonyl (C=O) groups is 1. The first-order valence-electron chi connectivity index (χ1n) is 9.32. The van der Waals surface area contributed by atoms with Crippen LogP contribution in [-0.4, -0.2) is 38.3 Å². The van der Waals surface area contributed by atoms with Crippen molar-refractivity contribution in [3.05, 3.63) is 82.7 Å². The molecule has 0 saturated carbocycles. The number of ether oxygens (including phenoxy) is 1. The molecule has 1 aliphatic rings. The van der Waals surface area contributed by atoms with Crippen LogP contribution >= 0.6 is 0 Å². The van der Waals surface area contributed by atoms with Crippen molar-refractivity contribution in [3.8, 4) is 0 Å². The Labute approximate surface area is 181 Å². The van der Waals surface area contributed by atoms with Crippen molar-refractivity contribution in [2.75, 3.05) is 6.73 Å². The summed E-state index contributed by atoms with van der Waals surface area (Å²) in [7, 11) is 0. The van der Waals surface area contributed by atoms with Crippen LogP contribution in [0.3, 0.4) is 0 Å². The van der Waals surface area contributed by atoms with E-state index in [1.807, 2.05) is 0 Å². The van der Waals surface area contributed by atoms with Gasteiger partial charge in [0, 0.05) is 11.6 Å². The molecular weight excluding hydrogens is 461 g/mol. The number of amides is 1. The lowest BCUT2D eigenvalue weighted by Gasteiger charge is -2.34. The van der Waals surface area contributed by atoms with Crippen LogP contribution in [-0.2, 0) is 16.9 Å². The zero-order valence-corrected chi connectivity index (χ0v) is 16.6. The van der Waals surface area contributed by atoms with E-state index in [4.69, 9.17) is 4.74 Å². The molecule has 1 amide bonds. The number of benzene rings is 2. The highest BCUT2D eigenvalue weighted by molar-refractivity contribution is 5.95. The predicted octanol–water partition coefficient (Wildman–Crippen LogP) is 3.67. The molecule has 1 aromatic heterocycles. The molecule has 2 heterocycles. The number of halogens is 7. The Morgan fingerprint density at radius 1 is 1.06 bits per heavy atom. The van der Waals surface area contributed by atoms with Crippen molar-refractivity contribution in [2.24, 2.45) is 0 Å². The second-order valence-electron chi connectivity index (χ2n) is 7.28. The minimum atomic E-state index is -2.42. The van der Waals surface area contributed by atoms with Gasteiger partial charge in [-0.1, -0.05) is 6.07 Å². The lowest BCUT2D eigenvalue weighted by Crippen LogP contribution is -2.47. The molecule has 13 heteroatoms. The van der Waals surface area contributed by atoms with Gasteiger partial charge in [-0.25, -0.2) is 40.4 Å². The van der Waals surface area contributed by atoms with Gasteiger partial charge in [-0.05, 0) is 13.0 Å². The summed E-state index contributed by atoms with van der Waals surface area (Å²) in [5.41, 5.74) is -3.68. The van der Waals surface area contributed by atoms with Gasteiger partial charge in [0.25, 0.3) is 5.91 Å². The Bertz CT molecular complexity index is 1210. The van der Waals surface area contributed by atoms with Crippen LogP contribution in [0, 0.1) is 40.7 Å². The number of carbonyl (C=O) groups excluding carboxylic acids is 1. The van der Waals surface area contributed by atoms with Gasteiger partial charge in [0.05, 0.1) is 12.6 Å². The Kier molecular flexibility index (Phi) is 5.60. The number of rotatable bonds is 4. The third kappa shape index (κ3) is 3.52. The van der Waals surface area contributed by atoms with Crippen molar-refractivity contribution < 1.29 is 40.3 Å². The summed E-state index contributed by atoms with van der Waals surface area (Å²) < 4.78 is 104. The van der Waals surface area contributed by atoms with E-state index in [1.54, 1.807) is 0 Å². The van der Waals surface area contributed by atoms with Crippen LogP contribution in [0.2, 0.25) is 0 Å². The topological polar surface area (TPSA) is 60.2 Å². The maximum absolute atomic E-state index is 14.7. The van der Waals surface area contributed by atoms with Gasteiger partial charge in [0.15, 0.2) is 23.3 Å². The molecular formula is C20H13F7N4O2. The van der Waals surface area contributed by atoms with Crippen LogP contribution in [0.5, 0.6) is 0 Å². The number of hydrogen-bond acceptors (Lipinski definition) is 4.